The molecule has 10 heteroatoms. The quantitative estimate of drug-likeness (QED) is 0.162. The number of phenols is 2. The zero-order valence-corrected chi connectivity index (χ0v) is 20.9. The minimum absolute atomic E-state index is 0.0162. The molecule has 0 aliphatic heterocycles. The van der Waals surface area contributed by atoms with E-state index in [2.05, 4.69) is 33.6 Å². The highest BCUT2D eigenvalue weighted by Gasteiger charge is 2.16. The van der Waals surface area contributed by atoms with Gasteiger partial charge in [0.05, 0.1) is 49.8 Å². The van der Waals surface area contributed by atoms with Gasteiger partial charge in [0.2, 0.25) is 0 Å². The fraction of sp³-hybridized carbons (Fsp3) is 0.143. The Bertz CT molecular complexity index is 1320. The van der Waals surface area contributed by atoms with Crippen LogP contribution in [0.4, 0.5) is 11.4 Å². The van der Waals surface area contributed by atoms with Crippen molar-refractivity contribution < 1.29 is 29.3 Å². The molecule has 0 atom stereocenters. The van der Waals surface area contributed by atoms with Crippen molar-refractivity contribution in [2.75, 3.05) is 14.2 Å². The van der Waals surface area contributed by atoms with Gasteiger partial charge in [-0.25, -0.2) is 0 Å². The van der Waals surface area contributed by atoms with Crippen LogP contribution < -0.4 is 9.47 Å². The van der Waals surface area contributed by atoms with Crippen LogP contribution >= 0.6 is 0 Å². The van der Waals surface area contributed by atoms with Gasteiger partial charge in [0.25, 0.3) is 0 Å². The Kier molecular flexibility index (Phi) is 9.20. The zero-order valence-electron chi connectivity index (χ0n) is 20.9. The molecule has 0 saturated heterocycles. The first-order chi connectivity index (χ1) is 18.3. The summed E-state index contributed by atoms with van der Waals surface area (Å²) in [5, 5.41) is 37.3. The molecule has 3 aromatic rings. The van der Waals surface area contributed by atoms with Crippen molar-refractivity contribution in [2.45, 2.75) is 13.1 Å². The van der Waals surface area contributed by atoms with Crippen molar-refractivity contribution in [1.29, 1.82) is 0 Å². The van der Waals surface area contributed by atoms with Gasteiger partial charge in [-0.2, -0.15) is 20.5 Å². The Labute approximate surface area is 219 Å². The van der Waals surface area contributed by atoms with Crippen LogP contribution in [0.3, 0.4) is 0 Å². The van der Waals surface area contributed by atoms with Crippen molar-refractivity contribution in [3.8, 4) is 23.0 Å². The summed E-state index contributed by atoms with van der Waals surface area (Å²) in [5.41, 5.74) is 1.97. The monoisotopic (exact) mass is 514 g/mol. The van der Waals surface area contributed by atoms with Crippen LogP contribution in [0.5, 0.6) is 23.0 Å². The minimum Gasteiger partial charge on any atom is -0.507 e. The largest absolute Gasteiger partial charge is 0.507 e. The molecule has 0 aliphatic rings. The minimum atomic E-state index is -0.434. The molecule has 0 heterocycles. The third-order valence-corrected chi connectivity index (χ3v) is 5.40. The van der Waals surface area contributed by atoms with E-state index in [1.807, 2.05) is 0 Å². The lowest BCUT2D eigenvalue weighted by Gasteiger charge is -2.09. The van der Waals surface area contributed by atoms with Crippen molar-refractivity contribution in [3.63, 3.8) is 0 Å². The summed E-state index contributed by atoms with van der Waals surface area (Å²) in [4.78, 5) is 24.0. The molecular weight excluding hydrogens is 488 g/mol. The number of ketones is 2. The number of methoxy groups -OCH3 is 2. The van der Waals surface area contributed by atoms with Crippen LogP contribution in [0.25, 0.3) is 0 Å². The average Bonchev–Trinajstić information content (AvgIpc) is 2.94. The number of carbonyl (C=O) groups is 2. The molecule has 0 bridgehead atoms. The van der Waals surface area contributed by atoms with Gasteiger partial charge in [0.1, 0.15) is 23.0 Å². The average molecular weight is 515 g/mol. The molecule has 0 aliphatic carbocycles. The predicted octanol–water partition coefficient (Wildman–Crippen LogP) is 6.42. The molecule has 0 fully saturated rings. The number of benzene rings is 3. The van der Waals surface area contributed by atoms with E-state index in [9.17, 15) is 19.8 Å². The van der Waals surface area contributed by atoms with E-state index < -0.39 is 11.6 Å². The summed E-state index contributed by atoms with van der Waals surface area (Å²) in [6.45, 7) is 6.91. The second-order valence-electron chi connectivity index (χ2n) is 7.82. The van der Waals surface area contributed by atoms with Gasteiger partial charge in [-0.3, -0.25) is 9.59 Å². The fourth-order valence-corrected chi connectivity index (χ4v) is 3.38. The SMILES string of the molecule is C=CC(=O)c1cc(OC)cc(CN=Nc2ccc(N=NCc3cc(OC)cc(C(=O)C=C)c3O)cc2)c1O. The number of aromatic hydroxyl groups is 2. The molecule has 2 N–H and O–H groups in total. The van der Waals surface area contributed by atoms with Gasteiger partial charge >= 0.3 is 0 Å². The third-order valence-electron chi connectivity index (χ3n) is 5.40. The van der Waals surface area contributed by atoms with Crippen LogP contribution in [0.2, 0.25) is 0 Å². The Balaban J connectivity index is 1.69. The maximum absolute atomic E-state index is 12.0. The van der Waals surface area contributed by atoms with Gasteiger partial charge in [0.15, 0.2) is 11.6 Å². The molecule has 0 aromatic heterocycles. The summed E-state index contributed by atoms with van der Waals surface area (Å²) in [7, 11) is 2.92. The number of allylic oxidation sites excluding steroid dienone is 2. The van der Waals surface area contributed by atoms with E-state index in [0.717, 1.165) is 12.2 Å². The van der Waals surface area contributed by atoms with Crippen LogP contribution in [0.15, 0.2) is 94.3 Å². The van der Waals surface area contributed by atoms with E-state index in [4.69, 9.17) is 9.47 Å². The van der Waals surface area contributed by atoms with E-state index in [1.54, 1.807) is 36.4 Å². The molecule has 0 amide bonds. The lowest BCUT2D eigenvalue weighted by Crippen LogP contribution is -1.99. The Morgan fingerprint density at radius 3 is 1.42 bits per heavy atom. The molecule has 10 nitrogen and oxygen atoms in total. The first kappa shape index (κ1) is 27.5. The maximum atomic E-state index is 12.0. The molecule has 194 valence electrons. The van der Waals surface area contributed by atoms with Gasteiger partial charge in [0, 0.05) is 11.1 Å². The number of carbonyl (C=O) groups excluding carboxylic acids is 2. The summed E-state index contributed by atoms with van der Waals surface area (Å²) < 4.78 is 10.4. The molecule has 38 heavy (non-hydrogen) atoms. The highest BCUT2D eigenvalue weighted by molar-refractivity contribution is 6.07. The summed E-state index contributed by atoms with van der Waals surface area (Å²) >= 11 is 0. The molecule has 3 aromatic carbocycles. The van der Waals surface area contributed by atoms with E-state index in [0.29, 0.717) is 34.0 Å². The first-order valence-electron chi connectivity index (χ1n) is 11.3. The molecular formula is C28H26N4O6. The molecule has 3 rings (SSSR count). The van der Waals surface area contributed by atoms with Crippen molar-refractivity contribution in [3.05, 3.63) is 96.1 Å². The van der Waals surface area contributed by atoms with Crippen LogP contribution in [-0.2, 0) is 13.1 Å². The smallest absolute Gasteiger partial charge is 0.189 e. The van der Waals surface area contributed by atoms with Crippen molar-refractivity contribution in [2.24, 2.45) is 20.5 Å². The van der Waals surface area contributed by atoms with E-state index in [-0.39, 0.29) is 35.7 Å². The Morgan fingerprint density at radius 2 is 1.11 bits per heavy atom. The normalized spacial score (nSPS) is 11.0. The number of rotatable bonds is 12. The molecule has 0 unspecified atom stereocenters. The lowest BCUT2D eigenvalue weighted by molar-refractivity contribution is 0.103. The molecule has 0 saturated carbocycles. The van der Waals surface area contributed by atoms with Crippen LogP contribution in [0, 0.1) is 0 Å². The molecule has 0 spiro atoms. The lowest BCUT2D eigenvalue weighted by atomic mass is 10.0. The van der Waals surface area contributed by atoms with Gasteiger partial charge < -0.3 is 19.7 Å². The second kappa shape index (κ2) is 12.7. The Hall–Kier alpha value is -5.12. The second-order valence-corrected chi connectivity index (χ2v) is 7.82. The number of hydrogen-bond donors (Lipinski definition) is 2. The van der Waals surface area contributed by atoms with Gasteiger partial charge in [-0.15, -0.1) is 0 Å². The van der Waals surface area contributed by atoms with E-state index in [1.165, 1.54) is 26.4 Å². The number of ether oxygens (including phenoxy) is 2. The number of hydrogen-bond acceptors (Lipinski definition) is 10. The van der Waals surface area contributed by atoms with Gasteiger partial charge in [-0.1, -0.05) is 13.2 Å². The number of azo groups is 2. The summed E-state index contributed by atoms with van der Waals surface area (Å²) in [6, 6.07) is 12.7. The number of nitrogens with zero attached hydrogens (tertiary/aromatic N) is 4. The highest BCUT2D eigenvalue weighted by Crippen LogP contribution is 2.31. The topological polar surface area (TPSA) is 142 Å². The third kappa shape index (κ3) is 6.55. The highest BCUT2D eigenvalue weighted by atomic mass is 16.5. The van der Waals surface area contributed by atoms with Crippen molar-refractivity contribution in [1.82, 2.24) is 0 Å². The van der Waals surface area contributed by atoms with E-state index >= 15 is 0 Å². The van der Waals surface area contributed by atoms with Crippen LogP contribution in [0.1, 0.15) is 31.8 Å². The predicted molar refractivity (Wildman–Crippen MR) is 141 cm³/mol. The van der Waals surface area contributed by atoms with Crippen molar-refractivity contribution >= 4 is 22.9 Å². The van der Waals surface area contributed by atoms with Gasteiger partial charge in [-0.05, 0) is 60.7 Å². The molecule has 0 radical (unpaired) electrons. The first-order valence-corrected chi connectivity index (χ1v) is 11.3. The summed E-state index contributed by atoms with van der Waals surface area (Å²) in [5.74, 6) is -0.465. The van der Waals surface area contributed by atoms with Crippen LogP contribution in [-0.4, -0.2) is 36.0 Å². The fourth-order valence-electron chi connectivity index (χ4n) is 3.38. The number of phenolic OH excluding ortho intramolecular Hbond substituents is 2. The Morgan fingerprint density at radius 1 is 0.737 bits per heavy atom. The zero-order chi connectivity index (χ0) is 27.7. The maximum Gasteiger partial charge on any atom is 0.189 e. The standard InChI is InChI=1S/C28H26N4O6/c1-5-25(33)23-13-21(37-3)11-17(27(23)35)15-29-31-19-7-9-20(10-8-19)32-30-16-18-12-22(38-4)14-24(28(18)36)26(34)6-2/h5-14,35-36H,1-2,15-16H2,3-4H3. The summed E-state index contributed by atoms with van der Waals surface area (Å²) in [6.07, 6.45) is 2.22.